The van der Waals surface area contributed by atoms with E-state index in [2.05, 4.69) is 5.32 Å². The minimum absolute atomic E-state index is 0.0741. The first-order chi connectivity index (χ1) is 5.22. The van der Waals surface area contributed by atoms with Gasteiger partial charge in [0.25, 0.3) is 0 Å². The summed E-state index contributed by atoms with van der Waals surface area (Å²) in [4.78, 5) is 20.2. The summed E-state index contributed by atoms with van der Waals surface area (Å²) in [6.07, 6.45) is 0.457. The molecule has 0 bridgehead atoms. The molecule has 0 radical (unpaired) electrons. The molecular formula is C6H11NO4. The monoisotopic (exact) mass is 161 g/mol. The number of carbonyl (C=O) groups excluding carboxylic acids is 1. The van der Waals surface area contributed by atoms with Crippen LogP contribution in [0.25, 0.3) is 0 Å². The van der Waals surface area contributed by atoms with Crippen LogP contribution in [0.3, 0.4) is 0 Å². The van der Waals surface area contributed by atoms with Gasteiger partial charge in [0.2, 0.25) is 0 Å². The number of carboxylic acids is 1. The first-order valence-corrected chi connectivity index (χ1v) is 3.23. The molecule has 0 spiro atoms. The number of aldehydes is 1. The van der Waals surface area contributed by atoms with Crippen molar-refractivity contribution >= 4 is 12.3 Å². The lowest BCUT2D eigenvalue weighted by atomic mass is 10.2. The molecule has 0 saturated heterocycles. The van der Waals surface area contributed by atoms with Gasteiger partial charge in [-0.2, -0.15) is 0 Å². The number of rotatable bonds is 6. The fourth-order valence-corrected chi connectivity index (χ4v) is 0.606. The minimum Gasteiger partial charge on any atom is -0.480 e. The van der Waals surface area contributed by atoms with Crippen molar-refractivity contribution in [1.29, 1.82) is 0 Å². The standard InChI is InChI=1S/C6H11NO4/c8-3-1-5(6(10)11)7-2-4-9/h3,5,7,9H,1-2,4H2,(H,10,11). The summed E-state index contributed by atoms with van der Waals surface area (Å²) in [5.41, 5.74) is 0. The minimum atomic E-state index is -1.08. The maximum atomic E-state index is 10.3. The smallest absolute Gasteiger partial charge is 0.321 e. The Balaban J connectivity index is 3.69. The van der Waals surface area contributed by atoms with Crippen LogP contribution in [0.4, 0.5) is 0 Å². The van der Waals surface area contributed by atoms with Gasteiger partial charge in [-0.25, -0.2) is 0 Å². The van der Waals surface area contributed by atoms with E-state index in [0.29, 0.717) is 6.29 Å². The second kappa shape index (κ2) is 5.82. The van der Waals surface area contributed by atoms with Crippen molar-refractivity contribution in [1.82, 2.24) is 5.32 Å². The van der Waals surface area contributed by atoms with Crippen LogP contribution in [0.1, 0.15) is 6.42 Å². The van der Waals surface area contributed by atoms with Crippen molar-refractivity contribution < 1.29 is 19.8 Å². The van der Waals surface area contributed by atoms with Gasteiger partial charge < -0.3 is 20.3 Å². The Labute approximate surface area is 64.0 Å². The number of carbonyl (C=O) groups is 2. The molecule has 11 heavy (non-hydrogen) atoms. The average Bonchev–Trinajstić information content (AvgIpc) is 1.97. The van der Waals surface area contributed by atoms with Gasteiger partial charge in [0, 0.05) is 13.0 Å². The van der Waals surface area contributed by atoms with Gasteiger partial charge in [-0.1, -0.05) is 0 Å². The van der Waals surface area contributed by atoms with Crippen LogP contribution in [0.15, 0.2) is 0 Å². The predicted octanol–water partition coefficient (Wildman–Crippen LogP) is -1.39. The first kappa shape index (κ1) is 10.1. The number of hydrogen-bond donors (Lipinski definition) is 3. The van der Waals surface area contributed by atoms with E-state index in [9.17, 15) is 9.59 Å². The quantitative estimate of drug-likeness (QED) is 0.417. The molecule has 5 nitrogen and oxygen atoms in total. The Kier molecular flexibility index (Phi) is 5.32. The summed E-state index contributed by atoms with van der Waals surface area (Å²) in [7, 11) is 0. The zero-order valence-corrected chi connectivity index (χ0v) is 5.99. The molecule has 0 aliphatic carbocycles. The highest BCUT2D eigenvalue weighted by atomic mass is 16.4. The Morgan fingerprint density at radius 1 is 1.64 bits per heavy atom. The van der Waals surface area contributed by atoms with Crippen LogP contribution >= 0.6 is 0 Å². The first-order valence-electron chi connectivity index (χ1n) is 3.23. The third kappa shape index (κ3) is 4.46. The lowest BCUT2D eigenvalue weighted by Crippen LogP contribution is -2.38. The molecule has 0 aliphatic heterocycles. The molecule has 0 aromatic carbocycles. The SMILES string of the molecule is O=CCC(NCCO)C(=O)O. The van der Waals surface area contributed by atoms with Gasteiger partial charge in [-0.3, -0.25) is 4.79 Å². The number of nitrogens with one attached hydrogen (secondary N) is 1. The molecule has 0 amide bonds. The maximum absolute atomic E-state index is 10.3. The third-order valence-electron chi connectivity index (χ3n) is 1.13. The van der Waals surface area contributed by atoms with E-state index in [1.165, 1.54) is 0 Å². The van der Waals surface area contributed by atoms with Gasteiger partial charge in [0.15, 0.2) is 0 Å². The highest BCUT2D eigenvalue weighted by Gasteiger charge is 2.14. The van der Waals surface area contributed by atoms with E-state index in [-0.39, 0.29) is 19.6 Å². The number of carboxylic acid groups (broad SMARTS) is 1. The second-order valence-electron chi connectivity index (χ2n) is 1.97. The highest BCUT2D eigenvalue weighted by molar-refractivity contribution is 5.76. The van der Waals surface area contributed by atoms with Gasteiger partial charge in [-0.15, -0.1) is 0 Å². The molecule has 0 fully saturated rings. The molecule has 1 unspecified atom stereocenters. The summed E-state index contributed by atoms with van der Waals surface area (Å²) in [5, 5.41) is 19.2. The van der Waals surface area contributed by atoms with Crippen molar-refractivity contribution in [2.24, 2.45) is 0 Å². The van der Waals surface area contributed by atoms with Crippen LogP contribution in [0.5, 0.6) is 0 Å². The van der Waals surface area contributed by atoms with Crippen molar-refractivity contribution in [2.75, 3.05) is 13.2 Å². The number of aliphatic hydroxyl groups is 1. The molecular weight excluding hydrogens is 150 g/mol. The highest BCUT2D eigenvalue weighted by Crippen LogP contribution is 1.87. The third-order valence-corrected chi connectivity index (χ3v) is 1.13. The lowest BCUT2D eigenvalue weighted by molar-refractivity contribution is -0.140. The normalized spacial score (nSPS) is 12.5. The molecule has 0 heterocycles. The lowest BCUT2D eigenvalue weighted by Gasteiger charge is -2.08. The number of aliphatic carboxylic acids is 1. The fourth-order valence-electron chi connectivity index (χ4n) is 0.606. The molecule has 0 aliphatic rings. The van der Waals surface area contributed by atoms with Gasteiger partial charge in [-0.05, 0) is 0 Å². The number of hydrogen-bond acceptors (Lipinski definition) is 4. The van der Waals surface area contributed by atoms with Gasteiger partial charge >= 0.3 is 5.97 Å². The Bertz CT molecular complexity index is 137. The molecule has 0 saturated carbocycles. The molecule has 0 rings (SSSR count). The molecule has 5 heteroatoms. The topological polar surface area (TPSA) is 86.6 Å². The zero-order valence-electron chi connectivity index (χ0n) is 5.99. The van der Waals surface area contributed by atoms with Crippen LogP contribution in [0, 0.1) is 0 Å². The zero-order chi connectivity index (χ0) is 8.69. The van der Waals surface area contributed by atoms with Crippen molar-refractivity contribution in [3.8, 4) is 0 Å². The van der Waals surface area contributed by atoms with Gasteiger partial charge in [0.05, 0.1) is 6.61 Å². The van der Waals surface area contributed by atoms with Crippen molar-refractivity contribution in [2.45, 2.75) is 12.5 Å². The molecule has 0 aromatic rings. The fraction of sp³-hybridized carbons (Fsp3) is 0.667. The van der Waals surface area contributed by atoms with E-state index in [1.54, 1.807) is 0 Å². The van der Waals surface area contributed by atoms with Crippen molar-refractivity contribution in [3.05, 3.63) is 0 Å². The van der Waals surface area contributed by atoms with E-state index in [4.69, 9.17) is 10.2 Å². The Morgan fingerprint density at radius 2 is 2.27 bits per heavy atom. The van der Waals surface area contributed by atoms with Crippen LogP contribution in [-0.4, -0.2) is 41.7 Å². The summed E-state index contributed by atoms with van der Waals surface area (Å²) >= 11 is 0. The summed E-state index contributed by atoms with van der Waals surface area (Å²) in [6, 6.07) is -0.875. The summed E-state index contributed by atoms with van der Waals surface area (Å²) in [6.45, 7) is 0.0491. The van der Waals surface area contributed by atoms with Crippen LogP contribution in [-0.2, 0) is 9.59 Å². The van der Waals surface area contributed by atoms with E-state index >= 15 is 0 Å². The Hall–Kier alpha value is -0.940. The van der Waals surface area contributed by atoms with E-state index in [0.717, 1.165) is 0 Å². The molecule has 0 aromatic heterocycles. The molecule has 3 N–H and O–H groups in total. The second-order valence-corrected chi connectivity index (χ2v) is 1.97. The van der Waals surface area contributed by atoms with E-state index in [1.807, 2.05) is 0 Å². The van der Waals surface area contributed by atoms with Crippen molar-refractivity contribution in [3.63, 3.8) is 0 Å². The number of aliphatic hydroxyl groups excluding tert-OH is 1. The molecule has 64 valence electrons. The van der Waals surface area contributed by atoms with E-state index < -0.39 is 12.0 Å². The maximum Gasteiger partial charge on any atom is 0.321 e. The van der Waals surface area contributed by atoms with Crippen LogP contribution in [0.2, 0.25) is 0 Å². The summed E-state index contributed by atoms with van der Waals surface area (Å²) in [5.74, 6) is -1.08. The summed E-state index contributed by atoms with van der Waals surface area (Å²) < 4.78 is 0. The van der Waals surface area contributed by atoms with Gasteiger partial charge in [0.1, 0.15) is 12.3 Å². The predicted molar refractivity (Wildman–Crippen MR) is 37.2 cm³/mol. The molecule has 1 atom stereocenters. The Morgan fingerprint density at radius 3 is 2.64 bits per heavy atom. The average molecular weight is 161 g/mol. The largest absolute Gasteiger partial charge is 0.480 e. The van der Waals surface area contributed by atoms with Crippen LogP contribution < -0.4 is 5.32 Å².